The smallest absolute Gasteiger partial charge is 0.269 e. The largest absolute Gasteiger partial charge is 0.491 e. The van der Waals surface area contributed by atoms with Crippen LogP contribution < -0.4 is 15.4 Å². The first-order valence-electron chi connectivity index (χ1n) is 10.2. The second kappa shape index (κ2) is 10.4. The monoisotopic (exact) mass is 508 g/mol. The van der Waals surface area contributed by atoms with Crippen molar-refractivity contribution in [2.75, 3.05) is 19.0 Å². The second-order valence-electron chi connectivity index (χ2n) is 7.20. The van der Waals surface area contributed by atoms with Gasteiger partial charge in [0.1, 0.15) is 4.90 Å². The highest BCUT2D eigenvalue weighted by Gasteiger charge is 2.22. The molecule has 0 radical (unpaired) electrons. The van der Waals surface area contributed by atoms with Crippen LogP contribution >= 0.6 is 12.4 Å². The Balaban J connectivity index is 0.00000324. The lowest BCUT2D eigenvalue weighted by atomic mass is 10.1. The summed E-state index contributed by atoms with van der Waals surface area (Å²) in [5.41, 5.74) is 1.45. The van der Waals surface area contributed by atoms with Crippen LogP contribution in [0.4, 0.5) is 20.2 Å². The molecule has 0 aliphatic carbocycles. The molecule has 0 atom stereocenters. The number of nitrogens with one attached hydrogen (secondary N) is 2. The molecule has 2 aromatic heterocycles. The molecule has 0 aliphatic heterocycles. The number of ether oxygens (including phenoxy) is 1. The second-order valence-corrected chi connectivity index (χ2v) is 9.02. The van der Waals surface area contributed by atoms with E-state index in [0.717, 1.165) is 5.56 Å². The van der Waals surface area contributed by atoms with Crippen molar-refractivity contribution in [2.24, 2.45) is 0 Å². The van der Waals surface area contributed by atoms with E-state index in [-0.39, 0.29) is 35.3 Å². The van der Waals surface area contributed by atoms with Crippen LogP contribution in [0, 0.1) is 11.6 Å². The number of rotatable bonds is 8. The van der Waals surface area contributed by atoms with E-state index in [1.165, 1.54) is 34.6 Å². The van der Waals surface area contributed by atoms with Crippen LogP contribution in [0.15, 0.2) is 66.0 Å². The molecule has 2 N–H and O–H groups in total. The third-order valence-corrected chi connectivity index (χ3v) is 6.70. The van der Waals surface area contributed by atoms with Gasteiger partial charge in [-0.3, -0.25) is 4.98 Å². The summed E-state index contributed by atoms with van der Waals surface area (Å²) in [6.45, 7) is 2.32. The van der Waals surface area contributed by atoms with Gasteiger partial charge in [-0.05, 0) is 55.9 Å². The molecule has 0 unspecified atom stereocenters. The van der Waals surface area contributed by atoms with Gasteiger partial charge in [0.05, 0.1) is 17.8 Å². The number of halogens is 3. The highest BCUT2D eigenvalue weighted by atomic mass is 35.5. The zero-order valence-electron chi connectivity index (χ0n) is 18.4. The topological polar surface area (TPSA) is 85.2 Å². The van der Waals surface area contributed by atoms with E-state index in [1.807, 2.05) is 0 Å². The standard InChI is InChI=1S/C23H22F2N4O3S.ClH/c1-3-32-21-9-8-19(22(24)23(21)25)28-16-6-7-18-15(12-26-2)14-29(20(18)11-16)33(30,31)17-5-4-10-27-13-17;/h4-11,13-14,26,28H,3,12H2,1-2H3;1H. The molecular weight excluding hydrogens is 486 g/mol. The first kappa shape index (κ1) is 25.4. The van der Waals surface area contributed by atoms with Crippen molar-refractivity contribution in [3.05, 3.63) is 78.3 Å². The maximum absolute atomic E-state index is 14.5. The molecule has 0 spiro atoms. The molecule has 180 valence electrons. The number of aromatic nitrogens is 2. The minimum atomic E-state index is -3.93. The van der Waals surface area contributed by atoms with Crippen LogP contribution in [-0.2, 0) is 16.6 Å². The molecular formula is C23H23ClF2N4O3S. The van der Waals surface area contributed by atoms with E-state index < -0.39 is 21.7 Å². The summed E-state index contributed by atoms with van der Waals surface area (Å²) >= 11 is 0. The molecule has 0 fully saturated rings. The Labute approximate surface area is 202 Å². The molecule has 7 nitrogen and oxygen atoms in total. The SMILES string of the molecule is CCOc1ccc(Nc2ccc3c(CNC)cn(S(=O)(=O)c4cccnc4)c3c2)c(F)c1F.Cl. The molecule has 0 bridgehead atoms. The number of hydrogen-bond acceptors (Lipinski definition) is 6. The van der Waals surface area contributed by atoms with Gasteiger partial charge in [-0.1, -0.05) is 6.07 Å². The third-order valence-electron chi connectivity index (χ3n) is 5.04. The first-order valence-corrected chi connectivity index (χ1v) is 11.6. The summed E-state index contributed by atoms with van der Waals surface area (Å²) < 4.78 is 61.6. The van der Waals surface area contributed by atoms with E-state index in [4.69, 9.17) is 4.74 Å². The molecule has 0 saturated carbocycles. The maximum atomic E-state index is 14.5. The van der Waals surface area contributed by atoms with Gasteiger partial charge in [-0.2, -0.15) is 4.39 Å². The Bertz CT molecular complexity index is 1410. The number of nitrogens with zero attached hydrogens (tertiary/aromatic N) is 2. The zero-order valence-corrected chi connectivity index (χ0v) is 20.0. The van der Waals surface area contributed by atoms with Crippen molar-refractivity contribution in [3.8, 4) is 5.75 Å². The zero-order chi connectivity index (χ0) is 23.6. The first-order chi connectivity index (χ1) is 15.9. The Morgan fingerprint density at radius 2 is 1.91 bits per heavy atom. The van der Waals surface area contributed by atoms with E-state index in [9.17, 15) is 17.2 Å². The Hall–Kier alpha value is -3.21. The quantitative estimate of drug-likeness (QED) is 0.354. The number of pyridine rings is 1. The molecule has 0 saturated heterocycles. The number of anilines is 2. The predicted molar refractivity (Wildman–Crippen MR) is 130 cm³/mol. The van der Waals surface area contributed by atoms with E-state index in [0.29, 0.717) is 23.1 Å². The van der Waals surface area contributed by atoms with E-state index in [2.05, 4.69) is 15.6 Å². The van der Waals surface area contributed by atoms with Crippen molar-refractivity contribution < 1.29 is 21.9 Å². The van der Waals surface area contributed by atoms with Gasteiger partial charge in [0, 0.05) is 36.2 Å². The molecule has 4 rings (SSSR count). The van der Waals surface area contributed by atoms with E-state index in [1.54, 1.807) is 44.4 Å². The fourth-order valence-corrected chi connectivity index (χ4v) is 4.89. The minimum absolute atomic E-state index is 0. The Morgan fingerprint density at radius 1 is 1.12 bits per heavy atom. The Kier molecular flexibility index (Phi) is 7.75. The summed E-state index contributed by atoms with van der Waals surface area (Å²) in [6, 6.07) is 10.7. The van der Waals surface area contributed by atoms with Crippen molar-refractivity contribution in [1.82, 2.24) is 14.3 Å². The minimum Gasteiger partial charge on any atom is -0.491 e. The lowest BCUT2D eigenvalue weighted by Crippen LogP contribution is -2.12. The average Bonchev–Trinajstić information content (AvgIpc) is 3.18. The fourth-order valence-electron chi connectivity index (χ4n) is 3.54. The van der Waals surface area contributed by atoms with Crippen molar-refractivity contribution >= 4 is 44.7 Å². The highest BCUT2D eigenvalue weighted by Crippen LogP contribution is 2.32. The van der Waals surface area contributed by atoms with Crippen molar-refractivity contribution in [2.45, 2.75) is 18.4 Å². The number of fused-ring (bicyclic) bond motifs is 1. The number of hydrogen-bond donors (Lipinski definition) is 2. The van der Waals surface area contributed by atoms with Crippen LogP contribution in [0.3, 0.4) is 0 Å². The van der Waals surface area contributed by atoms with Gasteiger partial charge in [0.25, 0.3) is 10.0 Å². The van der Waals surface area contributed by atoms with Gasteiger partial charge in [-0.15, -0.1) is 12.4 Å². The molecule has 0 aliphatic rings. The van der Waals surface area contributed by atoms with Gasteiger partial charge < -0.3 is 15.4 Å². The van der Waals surface area contributed by atoms with Gasteiger partial charge >= 0.3 is 0 Å². The maximum Gasteiger partial charge on any atom is 0.269 e. The summed E-state index contributed by atoms with van der Waals surface area (Å²) in [4.78, 5) is 3.94. The molecule has 4 aromatic rings. The molecule has 2 heterocycles. The normalized spacial score (nSPS) is 11.3. The van der Waals surface area contributed by atoms with Gasteiger partial charge in [-0.25, -0.2) is 16.8 Å². The van der Waals surface area contributed by atoms with Crippen LogP contribution in [-0.4, -0.2) is 31.0 Å². The van der Waals surface area contributed by atoms with E-state index >= 15 is 0 Å². The molecule has 11 heteroatoms. The summed E-state index contributed by atoms with van der Waals surface area (Å²) in [7, 11) is -2.17. The van der Waals surface area contributed by atoms with Crippen LogP contribution in [0.25, 0.3) is 10.9 Å². The molecule has 0 amide bonds. The van der Waals surface area contributed by atoms with Crippen molar-refractivity contribution in [1.29, 1.82) is 0 Å². The fraction of sp³-hybridized carbons (Fsp3) is 0.174. The van der Waals surface area contributed by atoms with Gasteiger partial charge in [0.15, 0.2) is 11.6 Å². The lowest BCUT2D eigenvalue weighted by molar-refractivity contribution is 0.314. The molecule has 34 heavy (non-hydrogen) atoms. The van der Waals surface area contributed by atoms with Gasteiger partial charge in [0.2, 0.25) is 5.82 Å². The predicted octanol–water partition coefficient (Wildman–Crippen LogP) is 4.84. The third kappa shape index (κ3) is 4.70. The summed E-state index contributed by atoms with van der Waals surface area (Å²) in [5, 5.41) is 6.56. The van der Waals surface area contributed by atoms with Crippen LogP contribution in [0.1, 0.15) is 12.5 Å². The summed E-state index contributed by atoms with van der Waals surface area (Å²) in [5.74, 6) is -2.36. The molecule has 2 aromatic carbocycles. The number of benzene rings is 2. The average molecular weight is 509 g/mol. The van der Waals surface area contributed by atoms with Crippen LogP contribution in [0.5, 0.6) is 5.75 Å². The van der Waals surface area contributed by atoms with Crippen molar-refractivity contribution in [3.63, 3.8) is 0 Å². The lowest BCUT2D eigenvalue weighted by Gasteiger charge is -2.12. The van der Waals surface area contributed by atoms with Crippen LogP contribution in [0.2, 0.25) is 0 Å². The highest BCUT2D eigenvalue weighted by molar-refractivity contribution is 7.90. The Morgan fingerprint density at radius 3 is 2.59 bits per heavy atom. The summed E-state index contributed by atoms with van der Waals surface area (Å²) in [6.07, 6.45) is 4.31.